The van der Waals surface area contributed by atoms with Gasteiger partial charge in [-0.25, -0.2) is 22.3 Å². The molecule has 1 aromatic heterocycles. The number of carbonyl (C=O) groups is 1. The summed E-state index contributed by atoms with van der Waals surface area (Å²) in [5, 5.41) is 10.4. The van der Waals surface area contributed by atoms with Gasteiger partial charge in [0.25, 0.3) is 0 Å². The van der Waals surface area contributed by atoms with Crippen LogP contribution in [0.5, 0.6) is 0 Å². The van der Waals surface area contributed by atoms with Crippen molar-refractivity contribution in [2.45, 2.75) is 17.9 Å². The van der Waals surface area contributed by atoms with Crippen LogP contribution in [0.4, 0.5) is 4.39 Å². The number of rotatable bonds is 5. The van der Waals surface area contributed by atoms with E-state index in [9.17, 15) is 17.6 Å². The molecule has 0 aliphatic rings. The lowest BCUT2D eigenvalue weighted by molar-refractivity contribution is 0.0698. The van der Waals surface area contributed by atoms with E-state index in [2.05, 4.69) is 4.72 Å². The number of hydrogen-bond donors (Lipinski definition) is 2. The first-order valence-electron chi connectivity index (χ1n) is 5.90. The predicted molar refractivity (Wildman–Crippen MR) is 76.4 cm³/mol. The first-order chi connectivity index (χ1) is 9.81. The van der Waals surface area contributed by atoms with Crippen molar-refractivity contribution in [3.8, 4) is 0 Å². The summed E-state index contributed by atoms with van der Waals surface area (Å²) in [6, 6.07) is 6.08. The lowest BCUT2D eigenvalue weighted by Crippen LogP contribution is -2.27. The standard InChI is InChI=1S/C13H12FNO4S2/c1-8(9-3-2-4-10(14)7-9)15-21(18,19)11-5-6-20-12(11)13(16)17/h2-8,15H,1H3,(H,16,17)/t8-/m1/s1. The Kier molecular flexibility index (Phi) is 4.40. The minimum Gasteiger partial charge on any atom is -0.477 e. The first-order valence-corrected chi connectivity index (χ1v) is 8.26. The maximum Gasteiger partial charge on any atom is 0.347 e. The van der Waals surface area contributed by atoms with E-state index in [1.807, 2.05) is 0 Å². The van der Waals surface area contributed by atoms with Crippen LogP contribution >= 0.6 is 11.3 Å². The third-order valence-electron chi connectivity index (χ3n) is 2.79. The average molecular weight is 329 g/mol. The molecule has 1 atom stereocenters. The topological polar surface area (TPSA) is 83.5 Å². The van der Waals surface area contributed by atoms with Crippen molar-refractivity contribution in [3.63, 3.8) is 0 Å². The highest BCUT2D eigenvalue weighted by Gasteiger charge is 2.25. The summed E-state index contributed by atoms with van der Waals surface area (Å²) in [6.45, 7) is 1.55. The highest BCUT2D eigenvalue weighted by atomic mass is 32.2. The Morgan fingerprint density at radius 2 is 2.10 bits per heavy atom. The maximum atomic E-state index is 13.2. The molecule has 1 aromatic carbocycles. The molecule has 0 unspecified atom stereocenters. The molecule has 112 valence electrons. The largest absolute Gasteiger partial charge is 0.477 e. The van der Waals surface area contributed by atoms with E-state index in [-0.39, 0.29) is 9.77 Å². The fourth-order valence-electron chi connectivity index (χ4n) is 1.81. The molecule has 8 heteroatoms. The fraction of sp³-hybridized carbons (Fsp3) is 0.154. The summed E-state index contributed by atoms with van der Waals surface area (Å²) in [7, 11) is -4.00. The van der Waals surface area contributed by atoms with Crippen LogP contribution in [-0.4, -0.2) is 19.5 Å². The van der Waals surface area contributed by atoms with Crippen LogP contribution in [0.2, 0.25) is 0 Å². The Balaban J connectivity index is 2.29. The van der Waals surface area contributed by atoms with Gasteiger partial charge >= 0.3 is 5.97 Å². The molecule has 0 saturated carbocycles. The number of benzene rings is 1. The number of aromatic carboxylic acids is 1. The van der Waals surface area contributed by atoms with E-state index in [4.69, 9.17) is 5.11 Å². The van der Waals surface area contributed by atoms with Gasteiger partial charge in [0.1, 0.15) is 15.6 Å². The molecule has 21 heavy (non-hydrogen) atoms. The number of carboxylic acid groups (broad SMARTS) is 1. The van der Waals surface area contributed by atoms with Gasteiger partial charge in [0.15, 0.2) is 0 Å². The first kappa shape index (κ1) is 15.6. The molecule has 0 amide bonds. The van der Waals surface area contributed by atoms with Crippen molar-refractivity contribution >= 4 is 27.3 Å². The summed E-state index contributed by atoms with van der Waals surface area (Å²) >= 11 is 0.831. The van der Waals surface area contributed by atoms with E-state index < -0.39 is 27.9 Å². The van der Waals surface area contributed by atoms with Crippen molar-refractivity contribution in [2.75, 3.05) is 0 Å². The quantitative estimate of drug-likeness (QED) is 0.883. The summed E-state index contributed by atoms with van der Waals surface area (Å²) in [5.41, 5.74) is 0.450. The summed E-state index contributed by atoms with van der Waals surface area (Å²) < 4.78 is 39.9. The summed E-state index contributed by atoms with van der Waals surface area (Å²) in [6.07, 6.45) is 0. The number of nitrogens with one attached hydrogen (secondary N) is 1. The van der Waals surface area contributed by atoms with Gasteiger partial charge in [-0.05, 0) is 36.1 Å². The minimum atomic E-state index is -4.00. The van der Waals surface area contributed by atoms with Gasteiger partial charge in [-0.3, -0.25) is 0 Å². The van der Waals surface area contributed by atoms with Gasteiger partial charge in [-0.2, -0.15) is 0 Å². The zero-order valence-corrected chi connectivity index (χ0v) is 12.5. The lowest BCUT2D eigenvalue weighted by Gasteiger charge is -2.14. The number of thiophene rings is 1. The van der Waals surface area contributed by atoms with E-state index >= 15 is 0 Å². The molecule has 2 N–H and O–H groups in total. The van der Waals surface area contributed by atoms with Gasteiger partial charge in [0.05, 0.1) is 0 Å². The fourth-order valence-corrected chi connectivity index (χ4v) is 4.30. The van der Waals surface area contributed by atoms with Crippen molar-refractivity contribution < 1.29 is 22.7 Å². The molecule has 0 bridgehead atoms. The van der Waals surface area contributed by atoms with Gasteiger partial charge < -0.3 is 5.11 Å². The molecule has 1 heterocycles. The number of sulfonamides is 1. The maximum absolute atomic E-state index is 13.2. The number of halogens is 1. The molecule has 0 radical (unpaired) electrons. The second-order valence-corrected chi connectivity index (χ2v) is 6.92. The summed E-state index contributed by atoms with van der Waals surface area (Å²) in [4.78, 5) is 10.5. The SMILES string of the molecule is C[C@@H](NS(=O)(=O)c1ccsc1C(=O)O)c1cccc(F)c1. The highest BCUT2D eigenvalue weighted by Crippen LogP contribution is 2.24. The molecule has 2 aromatic rings. The molecule has 0 spiro atoms. The molecule has 0 fully saturated rings. The normalized spacial score (nSPS) is 13.0. The molecule has 5 nitrogen and oxygen atoms in total. The van der Waals surface area contributed by atoms with E-state index in [1.54, 1.807) is 13.0 Å². The van der Waals surface area contributed by atoms with Gasteiger partial charge in [0, 0.05) is 6.04 Å². The monoisotopic (exact) mass is 329 g/mol. The molecular weight excluding hydrogens is 317 g/mol. The zero-order chi connectivity index (χ0) is 15.6. The molecular formula is C13H12FNO4S2. The second-order valence-electron chi connectivity index (χ2n) is 4.32. The lowest BCUT2D eigenvalue weighted by atomic mass is 10.1. The Hall–Kier alpha value is -1.77. The Bertz CT molecular complexity index is 770. The summed E-state index contributed by atoms with van der Waals surface area (Å²) in [5.74, 6) is -1.77. The molecule has 2 rings (SSSR count). The second kappa shape index (κ2) is 5.92. The smallest absolute Gasteiger partial charge is 0.347 e. The number of carboxylic acids is 1. The van der Waals surface area contributed by atoms with E-state index in [1.165, 1.54) is 29.6 Å². The molecule has 0 aliphatic heterocycles. The van der Waals surface area contributed by atoms with Gasteiger partial charge in [0.2, 0.25) is 10.0 Å². The zero-order valence-electron chi connectivity index (χ0n) is 10.9. The van der Waals surface area contributed by atoms with Gasteiger partial charge in [-0.1, -0.05) is 12.1 Å². The molecule has 0 aliphatic carbocycles. The van der Waals surface area contributed by atoms with Crippen LogP contribution in [-0.2, 0) is 10.0 Å². The van der Waals surface area contributed by atoms with Crippen LogP contribution in [0.25, 0.3) is 0 Å². The van der Waals surface area contributed by atoms with E-state index in [0.29, 0.717) is 5.56 Å². The predicted octanol–water partition coefficient (Wildman–Crippen LogP) is 2.62. The van der Waals surface area contributed by atoms with E-state index in [0.717, 1.165) is 11.3 Å². The molecule has 0 saturated heterocycles. The van der Waals surface area contributed by atoms with Crippen molar-refractivity contribution in [2.24, 2.45) is 0 Å². The van der Waals surface area contributed by atoms with Crippen LogP contribution in [0, 0.1) is 5.82 Å². The Morgan fingerprint density at radius 3 is 2.71 bits per heavy atom. The van der Waals surface area contributed by atoms with Crippen LogP contribution < -0.4 is 4.72 Å². The third-order valence-corrected chi connectivity index (χ3v) is 5.41. The number of hydrogen-bond acceptors (Lipinski definition) is 4. The van der Waals surface area contributed by atoms with Crippen molar-refractivity contribution in [1.82, 2.24) is 4.72 Å². The Morgan fingerprint density at radius 1 is 1.38 bits per heavy atom. The van der Waals surface area contributed by atoms with Crippen molar-refractivity contribution in [1.29, 1.82) is 0 Å². The van der Waals surface area contributed by atoms with Crippen LogP contribution in [0.3, 0.4) is 0 Å². The Labute approximate surface area is 125 Å². The van der Waals surface area contributed by atoms with Crippen LogP contribution in [0.1, 0.15) is 28.2 Å². The van der Waals surface area contributed by atoms with Crippen LogP contribution in [0.15, 0.2) is 40.6 Å². The van der Waals surface area contributed by atoms with Gasteiger partial charge in [-0.15, -0.1) is 11.3 Å². The minimum absolute atomic E-state index is 0.256. The third kappa shape index (κ3) is 3.46. The highest BCUT2D eigenvalue weighted by molar-refractivity contribution is 7.89. The average Bonchev–Trinajstić information content (AvgIpc) is 2.88. The van der Waals surface area contributed by atoms with Crippen molar-refractivity contribution in [3.05, 3.63) is 52.0 Å².